The molecule has 0 bridgehead atoms. The Labute approximate surface area is 144 Å². The molecule has 2 saturated heterocycles. The van der Waals surface area contributed by atoms with Gasteiger partial charge in [-0.05, 0) is 66.2 Å². The maximum absolute atomic E-state index is 12.4. The second kappa shape index (κ2) is 7.66. The van der Waals surface area contributed by atoms with Gasteiger partial charge >= 0.3 is 0 Å². The SMILES string of the molecule is Cc1noc(C)c1CC(=O)NC1CCCN(C2CCN(C)CC2)C1. The number of nitrogens with one attached hydrogen (secondary N) is 1. The van der Waals surface area contributed by atoms with Crippen LogP contribution in [0.25, 0.3) is 0 Å². The molecule has 3 rings (SSSR count). The number of hydrogen-bond acceptors (Lipinski definition) is 5. The molecule has 0 saturated carbocycles. The number of aryl methyl sites for hydroxylation is 2. The molecule has 1 N–H and O–H groups in total. The van der Waals surface area contributed by atoms with Gasteiger partial charge < -0.3 is 14.7 Å². The molecule has 2 aliphatic heterocycles. The molecule has 1 aromatic rings. The molecule has 2 fully saturated rings. The number of piperidine rings is 2. The normalized spacial score (nSPS) is 24.2. The number of carbonyl (C=O) groups excluding carboxylic acids is 1. The molecular formula is C18H30N4O2. The van der Waals surface area contributed by atoms with Gasteiger partial charge in [0.2, 0.25) is 5.91 Å². The highest BCUT2D eigenvalue weighted by Crippen LogP contribution is 2.21. The Morgan fingerprint density at radius 3 is 2.67 bits per heavy atom. The first-order valence-corrected chi connectivity index (χ1v) is 9.16. The lowest BCUT2D eigenvalue weighted by atomic mass is 9.98. The van der Waals surface area contributed by atoms with Crippen molar-refractivity contribution in [1.82, 2.24) is 20.3 Å². The van der Waals surface area contributed by atoms with Gasteiger partial charge in [-0.25, -0.2) is 0 Å². The summed E-state index contributed by atoms with van der Waals surface area (Å²) in [7, 11) is 2.20. The van der Waals surface area contributed by atoms with Crippen molar-refractivity contribution in [3.05, 3.63) is 17.0 Å². The van der Waals surface area contributed by atoms with Crippen LogP contribution in [0.15, 0.2) is 4.52 Å². The summed E-state index contributed by atoms with van der Waals surface area (Å²) < 4.78 is 5.15. The fourth-order valence-electron chi connectivity index (χ4n) is 4.01. The number of hydrogen-bond donors (Lipinski definition) is 1. The predicted octanol–water partition coefficient (Wildman–Crippen LogP) is 1.51. The molecule has 0 radical (unpaired) electrons. The average molecular weight is 334 g/mol. The van der Waals surface area contributed by atoms with Crippen molar-refractivity contribution in [3.8, 4) is 0 Å². The summed E-state index contributed by atoms with van der Waals surface area (Å²) in [5.41, 5.74) is 1.75. The average Bonchev–Trinajstić information content (AvgIpc) is 2.88. The van der Waals surface area contributed by atoms with Gasteiger partial charge in [0.25, 0.3) is 0 Å². The third-order valence-corrected chi connectivity index (χ3v) is 5.54. The number of nitrogens with zero attached hydrogens (tertiary/aromatic N) is 3. The van der Waals surface area contributed by atoms with Crippen LogP contribution in [0.5, 0.6) is 0 Å². The van der Waals surface area contributed by atoms with Crippen LogP contribution < -0.4 is 5.32 Å². The van der Waals surface area contributed by atoms with Crippen molar-refractivity contribution in [1.29, 1.82) is 0 Å². The number of carbonyl (C=O) groups is 1. The maximum atomic E-state index is 12.4. The Balaban J connectivity index is 1.51. The fraction of sp³-hybridized carbons (Fsp3) is 0.778. The van der Waals surface area contributed by atoms with E-state index in [4.69, 9.17) is 4.52 Å². The molecular weight excluding hydrogens is 304 g/mol. The van der Waals surface area contributed by atoms with E-state index in [0.29, 0.717) is 12.5 Å². The van der Waals surface area contributed by atoms with Crippen LogP contribution in [0, 0.1) is 13.8 Å². The van der Waals surface area contributed by atoms with Gasteiger partial charge in [-0.2, -0.15) is 0 Å². The van der Waals surface area contributed by atoms with Crippen molar-refractivity contribution >= 4 is 5.91 Å². The lowest BCUT2D eigenvalue weighted by Crippen LogP contribution is -2.53. The van der Waals surface area contributed by atoms with E-state index in [1.165, 1.54) is 38.9 Å². The van der Waals surface area contributed by atoms with Crippen molar-refractivity contribution in [2.75, 3.05) is 33.2 Å². The fourth-order valence-corrected chi connectivity index (χ4v) is 4.01. The summed E-state index contributed by atoms with van der Waals surface area (Å²) in [5, 5.41) is 7.16. The lowest BCUT2D eigenvalue weighted by Gasteiger charge is -2.41. The third-order valence-electron chi connectivity index (χ3n) is 5.54. The van der Waals surface area contributed by atoms with Gasteiger partial charge in [0.15, 0.2) is 0 Å². The zero-order valence-electron chi connectivity index (χ0n) is 15.2. The highest BCUT2D eigenvalue weighted by Gasteiger charge is 2.28. The first kappa shape index (κ1) is 17.4. The van der Waals surface area contributed by atoms with Gasteiger partial charge in [0.05, 0.1) is 12.1 Å². The number of likely N-dealkylation sites (tertiary alicyclic amines) is 2. The summed E-state index contributed by atoms with van der Waals surface area (Å²) in [6.07, 6.45) is 5.11. The summed E-state index contributed by atoms with van der Waals surface area (Å²) in [5.74, 6) is 0.832. The Hall–Kier alpha value is -1.40. The molecule has 0 aliphatic carbocycles. The van der Waals surface area contributed by atoms with Crippen LogP contribution >= 0.6 is 0 Å². The Kier molecular flexibility index (Phi) is 5.56. The van der Waals surface area contributed by atoms with Crippen LogP contribution in [-0.4, -0.2) is 66.2 Å². The van der Waals surface area contributed by atoms with E-state index >= 15 is 0 Å². The van der Waals surface area contributed by atoms with E-state index in [9.17, 15) is 4.79 Å². The smallest absolute Gasteiger partial charge is 0.224 e. The summed E-state index contributed by atoms with van der Waals surface area (Å²) >= 11 is 0. The highest BCUT2D eigenvalue weighted by molar-refractivity contribution is 5.79. The number of aromatic nitrogens is 1. The van der Waals surface area contributed by atoms with E-state index in [-0.39, 0.29) is 11.9 Å². The van der Waals surface area contributed by atoms with Gasteiger partial charge in [-0.15, -0.1) is 0 Å². The van der Waals surface area contributed by atoms with Crippen molar-refractivity contribution in [2.24, 2.45) is 0 Å². The zero-order chi connectivity index (χ0) is 17.1. The first-order chi connectivity index (χ1) is 11.5. The van der Waals surface area contributed by atoms with Crippen molar-refractivity contribution < 1.29 is 9.32 Å². The Morgan fingerprint density at radius 1 is 1.25 bits per heavy atom. The standard InChI is InChI=1S/C18H30N4O2/c1-13-17(14(2)24-20-13)11-18(23)19-15-5-4-8-22(12-15)16-6-9-21(3)10-7-16/h15-16H,4-12H2,1-3H3,(H,19,23). The van der Waals surface area contributed by atoms with E-state index < -0.39 is 0 Å². The molecule has 24 heavy (non-hydrogen) atoms. The van der Waals surface area contributed by atoms with Crippen LogP contribution in [0.1, 0.15) is 42.7 Å². The minimum atomic E-state index is 0.0830. The summed E-state index contributed by atoms with van der Waals surface area (Å²) in [4.78, 5) is 17.4. The van der Waals surface area contributed by atoms with Gasteiger partial charge in [-0.3, -0.25) is 9.69 Å². The zero-order valence-corrected chi connectivity index (χ0v) is 15.2. The number of rotatable bonds is 4. The molecule has 1 unspecified atom stereocenters. The lowest BCUT2D eigenvalue weighted by molar-refractivity contribution is -0.121. The molecule has 1 aromatic heterocycles. The molecule has 6 heteroatoms. The summed E-state index contributed by atoms with van der Waals surface area (Å²) in [6.45, 7) is 8.29. The molecule has 1 amide bonds. The van der Waals surface area contributed by atoms with E-state index in [0.717, 1.165) is 30.0 Å². The quantitative estimate of drug-likeness (QED) is 0.904. The largest absolute Gasteiger partial charge is 0.361 e. The predicted molar refractivity (Wildman–Crippen MR) is 92.9 cm³/mol. The van der Waals surface area contributed by atoms with Crippen LogP contribution in [0.4, 0.5) is 0 Å². The molecule has 6 nitrogen and oxygen atoms in total. The van der Waals surface area contributed by atoms with Crippen LogP contribution in [0.3, 0.4) is 0 Å². The molecule has 2 aliphatic rings. The van der Waals surface area contributed by atoms with Crippen molar-refractivity contribution in [2.45, 2.75) is 58.0 Å². The van der Waals surface area contributed by atoms with E-state index in [1.54, 1.807) is 0 Å². The molecule has 134 valence electrons. The van der Waals surface area contributed by atoms with Gasteiger partial charge in [0.1, 0.15) is 5.76 Å². The summed E-state index contributed by atoms with van der Waals surface area (Å²) in [6, 6.07) is 0.954. The first-order valence-electron chi connectivity index (χ1n) is 9.16. The van der Waals surface area contributed by atoms with Crippen LogP contribution in [-0.2, 0) is 11.2 Å². The third kappa shape index (κ3) is 4.16. The van der Waals surface area contributed by atoms with Gasteiger partial charge in [-0.1, -0.05) is 5.16 Å². The highest BCUT2D eigenvalue weighted by atomic mass is 16.5. The minimum absolute atomic E-state index is 0.0830. The Bertz CT molecular complexity index is 544. The molecule has 3 heterocycles. The van der Waals surface area contributed by atoms with E-state index in [2.05, 4.69) is 27.3 Å². The van der Waals surface area contributed by atoms with Crippen molar-refractivity contribution in [3.63, 3.8) is 0 Å². The monoisotopic (exact) mass is 334 g/mol. The van der Waals surface area contributed by atoms with E-state index in [1.807, 2.05) is 13.8 Å². The minimum Gasteiger partial charge on any atom is -0.361 e. The molecule has 1 atom stereocenters. The maximum Gasteiger partial charge on any atom is 0.224 e. The molecule has 0 spiro atoms. The molecule has 0 aromatic carbocycles. The number of amides is 1. The van der Waals surface area contributed by atoms with Gasteiger partial charge in [0, 0.05) is 24.2 Å². The Morgan fingerprint density at radius 2 is 2.00 bits per heavy atom. The van der Waals surface area contributed by atoms with Crippen LogP contribution in [0.2, 0.25) is 0 Å². The topological polar surface area (TPSA) is 61.6 Å². The second-order valence-electron chi connectivity index (χ2n) is 7.42. The second-order valence-corrected chi connectivity index (χ2v) is 7.42.